The van der Waals surface area contributed by atoms with Crippen LogP contribution in [0.4, 0.5) is 0 Å². The number of carboxylic acids is 1. The van der Waals surface area contributed by atoms with E-state index >= 15 is 0 Å². The van der Waals surface area contributed by atoms with Crippen LogP contribution >= 0.6 is 0 Å². The Bertz CT molecular complexity index is 516. The lowest BCUT2D eigenvalue weighted by Gasteiger charge is -2.02. The van der Waals surface area contributed by atoms with Gasteiger partial charge in [-0.3, -0.25) is 0 Å². The summed E-state index contributed by atoms with van der Waals surface area (Å²) in [5, 5.41) is 10.7. The molecule has 0 bridgehead atoms. The van der Waals surface area contributed by atoms with Crippen molar-refractivity contribution in [1.82, 2.24) is 0 Å². The molecule has 0 aromatic rings. The summed E-state index contributed by atoms with van der Waals surface area (Å²) < 4.78 is 0. The Morgan fingerprint density at radius 1 is 0.692 bits per heavy atom. The van der Waals surface area contributed by atoms with E-state index < -0.39 is 5.97 Å². The Morgan fingerprint density at radius 2 is 1.19 bits per heavy atom. The van der Waals surface area contributed by atoms with Gasteiger partial charge in [-0.25, -0.2) is 0 Å². The van der Waals surface area contributed by atoms with Gasteiger partial charge in [-0.2, -0.15) is 0 Å². The van der Waals surface area contributed by atoms with E-state index in [1.165, 1.54) is 44.9 Å². The van der Waals surface area contributed by atoms with Gasteiger partial charge in [-0.15, -0.1) is 0 Å². The van der Waals surface area contributed by atoms with E-state index in [1.807, 2.05) is 36.5 Å². The largest absolute Gasteiger partial charge is 0.545 e. The van der Waals surface area contributed by atoms with Crippen molar-refractivity contribution in [1.29, 1.82) is 0 Å². The molecule has 0 saturated heterocycles. The van der Waals surface area contributed by atoms with Crippen molar-refractivity contribution >= 4 is 5.97 Å². The van der Waals surface area contributed by atoms with Crippen LogP contribution < -0.4 is 5.11 Å². The Hall–Kier alpha value is -2.09. The van der Waals surface area contributed by atoms with Crippen molar-refractivity contribution in [3.8, 4) is 0 Å². The number of carbonyl (C=O) groups excluding carboxylic acids is 1. The molecule has 0 aliphatic heterocycles. The molecule has 0 spiro atoms. The molecule has 0 unspecified atom stereocenters. The monoisotopic (exact) mass is 355 g/mol. The molecule has 0 aliphatic carbocycles. The van der Waals surface area contributed by atoms with Crippen LogP contribution in [-0.4, -0.2) is 5.97 Å². The summed E-state index contributed by atoms with van der Waals surface area (Å²) >= 11 is 0. The molecule has 0 heterocycles. The first-order chi connectivity index (χ1) is 12.7. The highest BCUT2D eigenvalue weighted by Gasteiger charge is 1.90. The van der Waals surface area contributed by atoms with Crippen molar-refractivity contribution in [2.45, 2.75) is 71.6 Å². The Kier molecular flexibility index (Phi) is 17.7. The van der Waals surface area contributed by atoms with E-state index in [9.17, 15) is 9.90 Å². The molecule has 144 valence electrons. The van der Waals surface area contributed by atoms with Crippen molar-refractivity contribution < 1.29 is 9.90 Å². The highest BCUT2D eigenvalue weighted by Crippen LogP contribution is 2.08. The van der Waals surface area contributed by atoms with Gasteiger partial charge in [0.1, 0.15) is 0 Å². The van der Waals surface area contributed by atoms with E-state index in [0.717, 1.165) is 6.42 Å². The molecule has 0 rings (SSSR count). The lowest BCUT2D eigenvalue weighted by atomic mass is 10.1. The number of carbonyl (C=O) groups is 1. The van der Waals surface area contributed by atoms with Gasteiger partial charge in [0.05, 0.1) is 5.97 Å². The molecular weight excluding hydrogens is 320 g/mol. The lowest BCUT2D eigenvalue weighted by molar-refractivity contribution is -0.299. The fourth-order valence-corrected chi connectivity index (χ4v) is 2.35. The minimum absolute atomic E-state index is 0.302. The molecule has 26 heavy (non-hydrogen) atoms. The quantitative estimate of drug-likeness (QED) is 0.205. The fourth-order valence-electron chi connectivity index (χ4n) is 2.35. The average molecular weight is 356 g/mol. The van der Waals surface area contributed by atoms with Crippen LogP contribution in [0.2, 0.25) is 0 Å². The van der Waals surface area contributed by atoms with E-state index in [2.05, 4.69) is 19.1 Å². The second kappa shape index (κ2) is 19.2. The van der Waals surface area contributed by atoms with E-state index in [4.69, 9.17) is 0 Å². The summed E-state index contributed by atoms with van der Waals surface area (Å²) in [6, 6.07) is 0. The molecule has 0 saturated carbocycles. The number of hydrogen-bond acceptors (Lipinski definition) is 2. The molecule has 2 nitrogen and oxygen atoms in total. The number of allylic oxidation sites excluding steroid dienone is 11. The maximum Gasteiger partial charge on any atom is 0.0674 e. The zero-order chi connectivity index (χ0) is 19.3. The minimum atomic E-state index is -1.11. The molecule has 0 aromatic heterocycles. The highest BCUT2D eigenvalue weighted by atomic mass is 16.4. The maximum atomic E-state index is 10.7. The van der Waals surface area contributed by atoms with Crippen LogP contribution in [0, 0.1) is 0 Å². The van der Waals surface area contributed by atoms with Crippen molar-refractivity contribution in [3.63, 3.8) is 0 Å². The number of hydrogen-bond donors (Lipinski definition) is 0. The molecule has 0 radical (unpaired) electrons. The van der Waals surface area contributed by atoms with Crippen LogP contribution in [0.5, 0.6) is 0 Å². The molecule has 0 N–H and O–H groups in total. The van der Waals surface area contributed by atoms with Gasteiger partial charge in [0.15, 0.2) is 0 Å². The molecular formula is C24H35O2-. The summed E-state index contributed by atoms with van der Waals surface area (Å²) in [7, 11) is 0. The third-order valence-corrected chi connectivity index (χ3v) is 3.94. The van der Waals surface area contributed by atoms with Crippen LogP contribution in [0.3, 0.4) is 0 Å². The summed E-state index contributed by atoms with van der Waals surface area (Å²) in [5.41, 5.74) is 0.302. The van der Waals surface area contributed by atoms with Crippen LogP contribution in [-0.2, 0) is 4.79 Å². The second-order valence-electron chi connectivity index (χ2n) is 6.21. The van der Waals surface area contributed by atoms with Crippen LogP contribution in [0.25, 0.3) is 0 Å². The third kappa shape index (κ3) is 16.8. The first-order valence-corrected chi connectivity index (χ1v) is 9.96. The first kappa shape index (κ1) is 23.9. The average Bonchev–Trinajstić information content (AvgIpc) is 2.63. The molecule has 0 amide bonds. The molecule has 0 aliphatic rings. The van der Waals surface area contributed by atoms with Gasteiger partial charge in [0.2, 0.25) is 0 Å². The minimum Gasteiger partial charge on any atom is -0.545 e. The maximum absolute atomic E-state index is 10.7. The van der Waals surface area contributed by atoms with Gasteiger partial charge < -0.3 is 9.90 Å². The Balaban J connectivity index is 3.76. The second-order valence-corrected chi connectivity index (χ2v) is 6.21. The fraction of sp³-hybridized carbons (Fsp3) is 0.458. The lowest BCUT2D eigenvalue weighted by Crippen LogP contribution is -2.23. The van der Waals surface area contributed by atoms with Crippen molar-refractivity contribution in [3.05, 3.63) is 72.4 Å². The molecule has 0 aromatic carbocycles. The number of aliphatic carboxylic acids is 1. The van der Waals surface area contributed by atoms with E-state index in [1.54, 1.807) is 25.2 Å². The van der Waals surface area contributed by atoms with Crippen LogP contribution in [0.15, 0.2) is 72.4 Å². The zero-order valence-corrected chi connectivity index (χ0v) is 16.5. The summed E-state index contributed by atoms with van der Waals surface area (Å²) in [5.74, 6) is -1.11. The predicted molar refractivity (Wildman–Crippen MR) is 112 cm³/mol. The van der Waals surface area contributed by atoms with Crippen molar-refractivity contribution in [2.24, 2.45) is 0 Å². The highest BCUT2D eigenvalue weighted by molar-refractivity contribution is 5.84. The van der Waals surface area contributed by atoms with Gasteiger partial charge in [0.25, 0.3) is 0 Å². The van der Waals surface area contributed by atoms with E-state index in [-0.39, 0.29) is 0 Å². The van der Waals surface area contributed by atoms with Gasteiger partial charge in [0, 0.05) is 0 Å². The smallest absolute Gasteiger partial charge is 0.0674 e. The van der Waals surface area contributed by atoms with E-state index in [0.29, 0.717) is 12.0 Å². The Morgan fingerprint density at radius 3 is 1.73 bits per heavy atom. The number of rotatable bonds is 15. The molecule has 0 atom stereocenters. The standard InChI is InChI=1S/C24H36O2/c1-3-5-6-7-8-9-10-11-12-13-14-15-16-17-18-19-20-21-22-23(4-2)24(25)26/h12-22H,3-11H2,1-2H3,(H,25,26)/p-1/b13-12+,15-14+,17-16+,19-18+,21-20+,23-22+. The first-order valence-electron chi connectivity index (χ1n) is 9.96. The predicted octanol–water partition coefficient (Wildman–Crippen LogP) is 5.99. The molecule has 0 fully saturated rings. The summed E-state index contributed by atoms with van der Waals surface area (Å²) in [6.45, 7) is 4.05. The summed E-state index contributed by atoms with van der Waals surface area (Å²) in [6.07, 6.45) is 32.2. The topological polar surface area (TPSA) is 40.1 Å². The van der Waals surface area contributed by atoms with Crippen LogP contribution in [0.1, 0.15) is 71.6 Å². The molecule has 2 heteroatoms. The Labute approximate surface area is 160 Å². The zero-order valence-electron chi connectivity index (χ0n) is 16.5. The van der Waals surface area contributed by atoms with Gasteiger partial charge >= 0.3 is 0 Å². The number of carboxylic acid groups (broad SMARTS) is 1. The van der Waals surface area contributed by atoms with Crippen molar-refractivity contribution in [2.75, 3.05) is 0 Å². The third-order valence-electron chi connectivity index (χ3n) is 3.94. The summed E-state index contributed by atoms with van der Waals surface area (Å²) in [4.78, 5) is 10.7. The number of unbranched alkanes of at least 4 members (excludes halogenated alkanes) is 7. The SMILES string of the molecule is CCCCCCCCC/C=C/C=C/C=C/C=C/C=C/C=C(\CC)C(=O)[O-]. The van der Waals surface area contributed by atoms with Gasteiger partial charge in [-0.05, 0) is 24.8 Å². The van der Waals surface area contributed by atoms with Gasteiger partial charge in [-0.1, -0.05) is 119 Å². The normalized spacial score (nSPS) is 13.4.